The minimum absolute atomic E-state index is 0.232. The second-order valence-electron chi connectivity index (χ2n) is 6.02. The van der Waals surface area contributed by atoms with Crippen LogP contribution >= 0.6 is 0 Å². The molecule has 3 heteroatoms. The molecule has 3 N–H and O–H groups in total. The number of carbonyl (C=O) groups is 1. The fraction of sp³-hybridized carbons (Fsp3) is 0.929. The number of nitrogens with one attached hydrogen (secondary N) is 1. The topological polar surface area (TPSA) is 55.1 Å². The smallest absolute Gasteiger partial charge is 0.220 e. The SMILES string of the molecule is NCC1(CNC(=O)CCC2CCCCC2)CC1. The van der Waals surface area contributed by atoms with Crippen LogP contribution in [0.1, 0.15) is 57.8 Å². The van der Waals surface area contributed by atoms with Gasteiger partial charge in [-0.15, -0.1) is 0 Å². The molecule has 2 aliphatic carbocycles. The lowest BCUT2D eigenvalue weighted by molar-refractivity contribution is -0.121. The van der Waals surface area contributed by atoms with Gasteiger partial charge in [0.25, 0.3) is 0 Å². The number of nitrogens with two attached hydrogens (primary N) is 1. The molecule has 0 heterocycles. The zero-order chi connectivity index (χ0) is 12.1. The molecule has 3 nitrogen and oxygen atoms in total. The van der Waals surface area contributed by atoms with E-state index in [0.717, 1.165) is 25.4 Å². The predicted octanol–water partition coefficient (Wildman–Crippen LogP) is 2.20. The summed E-state index contributed by atoms with van der Waals surface area (Å²) in [6.45, 7) is 1.52. The minimum atomic E-state index is 0.232. The fourth-order valence-electron chi connectivity index (χ4n) is 2.82. The molecule has 0 aliphatic heterocycles. The van der Waals surface area contributed by atoms with Crippen molar-refractivity contribution in [1.29, 1.82) is 0 Å². The molecule has 1 amide bonds. The van der Waals surface area contributed by atoms with Crippen molar-refractivity contribution >= 4 is 5.91 Å². The van der Waals surface area contributed by atoms with Gasteiger partial charge in [-0.1, -0.05) is 32.1 Å². The van der Waals surface area contributed by atoms with Gasteiger partial charge in [-0.05, 0) is 37.1 Å². The van der Waals surface area contributed by atoms with Gasteiger partial charge in [0.1, 0.15) is 0 Å². The van der Waals surface area contributed by atoms with Gasteiger partial charge in [0.15, 0.2) is 0 Å². The van der Waals surface area contributed by atoms with Gasteiger partial charge in [-0.3, -0.25) is 4.79 Å². The summed E-state index contributed by atoms with van der Waals surface area (Å²) in [4.78, 5) is 11.7. The third-order valence-corrected chi connectivity index (χ3v) is 4.56. The molecular formula is C14H26N2O. The number of amides is 1. The molecule has 0 aromatic heterocycles. The Kier molecular flexibility index (Phi) is 4.43. The summed E-state index contributed by atoms with van der Waals surface area (Å²) in [5, 5.41) is 3.06. The quantitative estimate of drug-likeness (QED) is 0.745. The Morgan fingerprint density at radius 2 is 1.94 bits per heavy atom. The third kappa shape index (κ3) is 3.98. The van der Waals surface area contributed by atoms with Crippen LogP contribution in [0.15, 0.2) is 0 Å². The normalized spacial score (nSPS) is 23.4. The van der Waals surface area contributed by atoms with E-state index in [0.29, 0.717) is 6.42 Å². The van der Waals surface area contributed by atoms with Crippen molar-refractivity contribution < 1.29 is 4.79 Å². The second-order valence-corrected chi connectivity index (χ2v) is 6.02. The summed E-state index contributed by atoms with van der Waals surface area (Å²) in [5.41, 5.74) is 5.96. The summed E-state index contributed by atoms with van der Waals surface area (Å²) in [7, 11) is 0. The first-order valence-electron chi connectivity index (χ1n) is 7.21. The number of hydrogen-bond donors (Lipinski definition) is 2. The van der Waals surface area contributed by atoms with Crippen LogP contribution in [0, 0.1) is 11.3 Å². The molecule has 0 atom stereocenters. The van der Waals surface area contributed by atoms with Crippen LogP contribution in [0.3, 0.4) is 0 Å². The molecule has 2 fully saturated rings. The summed E-state index contributed by atoms with van der Waals surface area (Å²) in [6, 6.07) is 0. The van der Waals surface area contributed by atoms with E-state index < -0.39 is 0 Å². The van der Waals surface area contributed by atoms with Gasteiger partial charge in [-0.25, -0.2) is 0 Å². The first-order valence-corrected chi connectivity index (χ1v) is 7.21. The molecule has 0 bridgehead atoms. The summed E-state index contributed by atoms with van der Waals surface area (Å²) in [5.74, 6) is 1.04. The van der Waals surface area contributed by atoms with Crippen LogP contribution < -0.4 is 11.1 Å². The minimum Gasteiger partial charge on any atom is -0.355 e. The molecule has 0 aromatic rings. The maximum Gasteiger partial charge on any atom is 0.220 e. The molecule has 98 valence electrons. The number of carbonyl (C=O) groups excluding carboxylic acids is 1. The molecule has 0 unspecified atom stereocenters. The maximum absolute atomic E-state index is 11.7. The van der Waals surface area contributed by atoms with Crippen LogP contribution in [-0.2, 0) is 4.79 Å². The zero-order valence-corrected chi connectivity index (χ0v) is 10.8. The van der Waals surface area contributed by atoms with E-state index in [1.807, 2.05) is 0 Å². The Balaban J connectivity index is 1.57. The van der Waals surface area contributed by atoms with Crippen LogP contribution in [0.2, 0.25) is 0 Å². The molecule has 0 radical (unpaired) electrons. The highest BCUT2D eigenvalue weighted by Crippen LogP contribution is 2.43. The van der Waals surface area contributed by atoms with Gasteiger partial charge < -0.3 is 11.1 Å². The molecule has 17 heavy (non-hydrogen) atoms. The lowest BCUT2D eigenvalue weighted by Gasteiger charge is -2.21. The zero-order valence-electron chi connectivity index (χ0n) is 10.8. The fourth-order valence-corrected chi connectivity index (χ4v) is 2.82. The average Bonchev–Trinajstić information content (AvgIpc) is 3.16. The molecule has 2 aliphatic rings. The monoisotopic (exact) mass is 238 g/mol. The van der Waals surface area contributed by atoms with Gasteiger partial charge in [0.2, 0.25) is 5.91 Å². The highest BCUT2D eigenvalue weighted by Gasteiger charge is 2.41. The molecule has 0 aromatic carbocycles. The van der Waals surface area contributed by atoms with Gasteiger partial charge in [0, 0.05) is 13.0 Å². The van der Waals surface area contributed by atoms with Crippen molar-refractivity contribution in [1.82, 2.24) is 5.32 Å². The van der Waals surface area contributed by atoms with Gasteiger partial charge >= 0.3 is 0 Å². The van der Waals surface area contributed by atoms with E-state index in [1.165, 1.54) is 44.9 Å². The standard InChI is InChI=1S/C14H26N2O/c15-10-14(8-9-14)11-16-13(17)7-6-12-4-2-1-3-5-12/h12H,1-11,15H2,(H,16,17). The Bertz CT molecular complexity index is 255. The van der Waals surface area contributed by atoms with Crippen molar-refractivity contribution in [3.05, 3.63) is 0 Å². The Morgan fingerprint density at radius 1 is 1.24 bits per heavy atom. The third-order valence-electron chi connectivity index (χ3n) is 4.56. The predicted molar refractivity (Wildman–Crippen MR) is 69.5 cm³/mol. The largest absolute Gasteiger partial charge is 0.355 e. The van der Waals surface area contributed by atoms with E-state index in [4.69, 9.17) is 5.73 Å². The lowest BCUT2D eigenvalue weighted by Crippen LogP contribution is -2.34. The van der Waals surface area contributed by atoms with Crippen molar-refractivity contribution in [2.75, 3.05) is 13.1 Å². The van der Waals surface area contributed by atoms with Crippen LogP contribution in [0.5, 0.6) is 0 Å². The van der Waals surface area contributed by atoms with Crippen molar-refractivity contribution in [2.45, 2.75) is 57.8 Å². The average molecular weight is 238 g/mol. The molecule has 2 saturated carbocycles. The van der Waals surface area contributed by atoms with E-state index in [9.17, 15) is 4.79 Å². The van der Waals surface area contributed by atoms with Gasteiger partial charge in [0.05, 0.1) is 0 Å². The molecule has 0 saturated heterocycles. The Labute approximate surface area is 105 Å². The van der Waals surface area contributed by atoms with E-state index in [2.05, 4.69) is 5.32 Å². The maximum atomic E-state index is 11.7. The van der Waals surface area contributed by atoms with E-state index in [-0.39, 0.29) is 11.3 Å². The highest BCUT2D eigenvalue weighted by molar-refractivity contribution is 5.75. The first-order chi connectivity index (χ1) is 8.24. The Morgan fingerprint density at radius 3 is 2.53 bits per heavy atom. The summed E-state index contributed by atoms with van der Waals surface area (Å²) >= 11 is 0. The summed E-state index contributed by atoms with van der Waals surface area (Å²) < 4.78 is 0. The second kappa shape index (κ2) is 5.85. The number of hydrogen-bond acceptors (Lipinski definition) is 2. The van der Waals surface area contributed by atoms with Crippen molar-refractivity contribution in [3.8, 4) is 0 Å². The number of rotatable bonds is 6. The summed E-state index contributed by atoms with van der Waals surface area (Å²) in [6.07, 6.45) is 11.0. The lowest BCUT2D eigenvalue weighted by atomic mass is 9.86. The van der Waals surface area contributed by atoms with Crippen molar-refractivity contribution in [2.24, 2.45) is 17.1 Å². The highest BCUT2D eigenvalue weighted by atomic mass is 16.1. The molecule has 0 spiro atoms. The van der Waals surface area contributed by atoms with Crippen molar-refractivity contribution in [3.63, 3.8) is 0 Å². The van der Waals surface area contributed by atoms with E-state index >= 15 is 0 Å². The Hall–Kier alpha value is -0.570. The van der Waals surface area contributed by atoms with Crippen LogP contribution in [-0.4, -0.2) is 19.0 Å². The van der Waals surface area contributed by atoms with E-state index in [1.54, 1.807) is 0 Å². The molecule has 2 rings (SSSR count). The first kappa shape index (κ1) is 12.9. The molecular weight excluding hydrogens is 212 g/mol. The van der Waals surface area contributed by atoms with Crippen LogP contribution in [0.25, 0.3) is 0 Å². The van der Waals surface area contributed by atoms with Gasteiger partial charge in [-0.2, -0.15) is 0 Å². The van der Waals surface area contributed by atoms with Crippen LogP contribution in [0.4, 0.5) is 0 Å².